The molecule has 0 bridgehead atoms. The molecule has 2 aliphatic rings. The lowest BCUT2D eigenvalue weighted by Gasteiger charge is -2.32. The highest BCUT2D eigenvalue weighted by molar-refractivity contribution is 5.74. The predicted molar refractivity (Wildman–Crippen MR) is 90.9 cm³/mol. The first kappa shape index (κ1) is 15.4. The van der Waals surface area contributed by atoms with E-state index in [1.165, 1.54) is 19.3 Å². The number of likely N-dealkylation sites (tertiary alicyclic amines) is 1. The lowest BCUT2D eigenvalue weighted by Crippen LogP contribution is -2.41. The number of aliphatic carboxylic acids is 1. The number of para-hydroxylation sites is 1. The van der Waals surface area contributed by atoms with Crippen molar-refractivity contribution in [3.8, 4) is 5.69 Å². The molecule has 5 nitrogen and oxygen atoms in total. The Bertz CT molecular complexity index is 712. The maximum absolute atomic E-state index is 11.7. The summed E-state index contributed by atoms with van der Waals surface area (Å²) in [5.41, 5.74) is 1.96. The van der Waals surface area contributed by atoms with E-state index in [2.05, 4.69) is 10.00 Å². The molecule has 0 amide bonds. The van der Waals surface area contributed by atoms with Crippen LogP contribution in [-0.4, -0.2) is 37.8 Å². The standard InChI is InChI=1S/C19H23N3O2/c23-19(24)18-12-14-6-4-5-9-17(14)21(18)13-15-10-11-22(20-15)16-7-2-1-3-8-16/h1-3,7-8,10-11,14,17-18H,4-6,9,12-13H2,(H,23,24)/t14-,17+,18-/m0/s1. The number of fused-ring (bicyclic) bond motifs is 1. The summed E-state index contributed by atoms with van der Waals surface area (Å²) < 4.78 is 1.86. The van der Waals surface area contributed by atoms with Gasteiger partial charge in [-0.15, -0.1) is 0 Å². The molecule has 2 heterocycles. The van der Waals surface area contributed by atoms with Crippen molar-refractivity contribution in [2.24, 2.45) is 5.92 Å². The van der Waals surface area contributed by atoms with Crippen LogP contribution in [-0.2, 0) is 11.3 Å². The maximum atomic E-state index is 11.7. The van der Waals surface area contributed by atoms with E-state index in [4.69, 9.17) is 0 Å². The van der Waals surface area contributed by atoms with Crippen molar-refractivity contribution in [2.75, 3.05) is 0 Å². The molecular formula is C19H23N3O2. The number of hydrogen-bond acceptors (Lipinski definition) is 3. The average molecular weight is 325 g/mol. The zero-order chi connectivity index (χ0) is 16.5. The Morgan fingerprint density at radius 1 is 1.17 bits per heavy atom. The van der Waals surface area contributed by atoms with E-state index in [9.17, 15) is 9.90 Å². The Morgan fingerprint density at radius 2 is 1.96 bits per heavy atom. The van der Waals surface area contributed by atoms with Crippen molar-refractivity contribution in [2.45, 2.75) is 50.7 Å². The van der Waals surface area contributed by atoms with Crippen molar-refractivity contribution in [1.82, 2.24) is 14.7 Å². The molecule has 5 heteroatoms. The molecule has 1 aliphatic heterocycles. The molecule has 3 atom stereocenters. The van der Waals surface area contributed by atoms with Crippen LogP contribution in [0.5, 0.6) is 0 Å². The maximum Gasteiger partial charge on any atom is 0.320 e. The van der Waals surface area contributed by atoms with E-state index in [1.54, 1.807) is 0 Å². The molecule has 1 saturated heterocycles. The summed E-state index contributed by atoms with van der Waals surface area (Å²) >= 11 is 0. The summed E-state index contributed by atoms with van der Waals surface area (Å²) in [7, 11) is 0. The third-order valence-electron chi connectivity index (χ3n) is 5.52. The Labute approximate surface area is 141 Å². The van der Waals surface area contributed by atoms with Crippen LogP contribution in [0.1, 0.15) is 37.8 Å². The largest absolute Gasteiger partial charge is 0.480 e. The smallest absolute Gasteiger partial charge is 0.320 e. The number of benzene rings is 1. The molecule has 1 N–H and O–H groups in total. The van der Waals surface area contributed by atoms with Crippen molar-refractivity contribution >= 4 is 5.97 Å². The number of carbonyl (C=O) groups is 1. The van der Waals surface area contributed by atoms with Gasteiger partial charge >= 0.3 is 5.97 Å². The van der Waals surface area contributed by atoms with Gasteiger partial charge in [0.05, 0.1) is 11.4 Å². The van der Waals surface area contributed by atoms with Gasteiger partial charge < -0.3 is 5.11 Å². The van der Waals surface area contributed by atoms with Crippen LogP contribution in [0.15, 0.2) is 42.6 Å². The lowest BCUT2D eigenvalue weighted by atomic mass is 9.85. The first-order valence-corrected chi connectivity index (χ1v) is 8.81. The van der Waals surface area contributed by atoms with E-state index in [0.717, 1.165) is 24.2 Å². The van der Waals surface area contributed by atoms with E-state index in [0.29, 0.717) is 18.5 Å². The number of rotatable bonds is 4. The minimum absolute atomic E-state index is 0.361. The van der Waals surface area contributed by atoms with Gasteiger partial charge in [-0.2, -0.15) is 5.10 Å². The van der Waals surface area contributed by atoms with Gasteiger partial charge in [0.15, 0.2) is 0 Å². The predicted octanol–water partition coefficient (Wildman–Crippen LogP) is 3.09. The summed E-state index contributed by atoms with van der Waals surface area (Å²) in [5, 5.41) is 14.3. The number of nitrogens with zero attached hydrogens (tertiary/aromatic N) is 3. The van der Waals surface area contributed by atoms with Gasteiger partial charge in [-0.25, -0.2) is 4.68 Å². The van der Waals surface area contributed by atoms with E-state index in [1.807, 2.05) is 47.3 Å². The highest BCUT2D eigenvalue weighted by atomic mass is 16.4. The SMILES string of the molecule is O=C(O)[C@@H]1C[C@@H]2CCCC[C@H]2N1Cc1ccn(-c2ccccc2)n1. The van der Waals surface area contributed by atoms with Crippen LogP contribution >= 0.6 is 0 Å². The molecule has 1 aromatic heterocycles. The fourth-order valence-corrected chi connectivity index (χ4v) is 4.38. The molecule has 1 saturated carbocycles. The Hall–Kier alpha value is -2.14. The molecule has 0 spiro atoms. The summed E-state index contributed by atoms with van der Waals surface area (Å²) in [6.45, 7) is 0.623. The van der Waals surface area contributed by atoms with Gasteiger partial charge in [-0.1, -0.05) is 31.0 Å². The quantitative estimate of drug-likeness (QED) is 0.938. The molecule has 0 unspecified atom stereocenters. The summed E-state index contributed by atoms with van der Waals surface area (Å²) in [6.07, 6.45) is 7.48. The van der Waals surface area contributed by atoms with E-state index in [-0.39, 0.29) is 6.04 Å². The van der Waals surface area contributed by atoms with Crippen molar-refractivity contribution in [3.63, 3.8) is 0 Å². The number of aromatic nitrogens is 2. The minimum Gasteiger partial charge on any atom is -0.480 e. The van der Waals surface area contributed by atoms with Crippen LogP contribution in [0.4, 0.5) is 0 Å². The lowest BCUT2D eigenvalue weighted by molar-refractivity contribution is -0.142. The summed E-state index contributed by atoms with van der Waals surface area (Å²) in [5.74, 6) is -0.150. The average Bonchev–Trinajstić information content (AvgIpc) is 3.21. The molecule has 0 radical (unpaired) electrons. The molecule has 126 valence electrons. The van der Waals surface area contributed by atoms with Crippen LogP contribution in [0, 0.1) is 5.92 Å². The van der Waals surface area contributed by atoms with E-state index >= 15 is 0 Å². The van der Waals surface area contributed by atoms with Gasteiger partial charge in [0.25, 0.3) is 0 Å². The van der Waals surface area contributed by atoms with E-state index < -0.39 is 5.97 Å². The molecule has 2 fully saturated rings. The van der Waals surface area contributed by atoms with Crippen molar-refractivity contribution in [1.29, 1.82) is 0 Å². The monoisotopic (exact) mass is 325 g/mol. The third kappa shape index (κ3) is 2.84. The first-order valence-electron chi connectivity index (χ1n) is 8.81. The molecule has 24 heavy (non-hydrogen) atoms. The first-order chi connectivity index (χ1) is 11.7. The Balaban J connectivity index is 1.55. The van der Waals surface area contributed by atoms with Crippen LogP contribution in [0.25, 0.3) is 5.69 Å². The van der Waals surface area contributed by atoms with Gasteiger partial charge in [-0.3, -0.25) is 9.69 Å². The van der Waals surface area contributed by atoms with Crippen molar-refractivity contribution < 1.29 is 9.90 Å². The summed E-state index contributed by atoms with van der Waals surface area (Å²) in [4.78, 5) is 13.9. The van der Waals surface area contributed by atoms with Gasteiger partial charge in [-0.05, 0) is 43.4 Å². The van der Waals surface area contributed by atoms with Gasteiger partial charge in [0.1, 0.15) is 6.04 Å². The topological polar surface area (TPSA) is 58.4 Å². The second-order valence-electron chi connectivity index (χ2n) is 6.96. The minimum atomic E-state index is -0.688. The third-order valence-corrected chi connectivity index (χ3v) is 5.52. The van der Waals surface area contributed by atoms with Crippen LogP contribution < -0.4 is 0 Å². The summed E-state index contributed by atoms with van der Waals surface area (Å²) in [6, 6.07) is 12.0. The second kappa shape index (κ2) is 6.40. The molecular weight excluding hydrogens is 302 g/mol. The number of carboxylic acid groups (broad SMARTS) is 1. The zero-order valence-corrected chi connectivity index (χ0v) is 13.7. The second-order valence-corrected chi connectivity index (χ2v) is 6.96. The highest BCUT2D eigenvalue weighted by Gasteiger charge is 2.45. The van der Waals surface area contributed by atoms with Crippen molar-refractivity contribution in [3.05, 3.63) is 48.3 Å². The fourth-order valence-electron chi connectivity index (χ4n) is 4.38. The Kier molecular flexibility index (Phi) is 4.10. The molecule has 2 aromatic rings. The Morgan fingerprint density at radius 3 is 2.75 bits per heavy atom. The van der Waals surface area contributed by atoms with Gasteiger partial charge in [0.2, 0.25) is 0 Å². The number of hydrogen-bond donors (Lipinski definition) is 1. The normalized spacial score (nSPS) is 27.1. The zero-order valence-electron chi connectivity index (χ0n) is 13.7. The molecule has 4 rings (SSSR count). The van der Waals surface area contributed by atoms with Crippen LogP contribution in [0.3, 0.4) is 0 Å². The van der Waals surface area contributed by atoms with Gasteiger partial charge in [0, 0.05) is 18.8 Å². The number of carboxylic acids is 1. The fraction of sp³-hybridized carbons (Fsp3) is 0.474. The molecule has 1 aromatic carbocycles. The highest BCUT2D eigenvalue weighted by Crippen LogP contribution is 2.40. The molecule has 1 aliphatic carbocycles. The van der Waals surface area contributed by atoms with Crippen LogP contribution in [0.2, 0.25) is 0 Å².